The molecule has 1 atom stereocenters. The van der Waals surface area contributed by atoms with E-state index in [-0.39, 0.29) is 18.5 Å². The Kier molecular flexibility index (Phi) is 5.20. The Morgan fingerprint density at radius 2 is 1.92 bits per heavy atom. The highest BCUT2D eigenvalue weighted by Crippen LogP contribution is 2.25. The quantitative estimate of drug-likeness (QED) is 0.777. The predicted molar refractivity (Wildman–Crippen MR) is 90.1 cm³/mol. The molecule has 0 N–H and O–H groups in total. The van der Waals surface area contributed by atoms with Gasteiger partial charge in [-0.05, 0) is 40.5 Å². The van der Waals surface area contributed by atoms with Crippen molar-refractivity contribution < 1.29 is 19.1 Å². The maximum absolute atomic E-state index is 12.8. The summed E-state index contributed by atoms with van der Waals surface area (Å²) >= 11 is 0. The number of imide groups is 3. The SMILES string of the molecule is CCCn1cc(C)n(C2CCC(=O)N(C(=O)OC(C)(C)C)C2=O)c1=O. The van der Waals surface area contributed by atoms with Crippen molar-refractivity contribution in [3.05, 3.63) is 22.4 Å². The average molecular weight is 351 g/mol. The molecular formula is C17H25N3O5. The van der Waals surface area contributed by atoms with E-state index in [1.165, 1.54) is 9.13 Å². The van der Waals surface area contributed by atoms with Crippen molar-refractivity contribution in [1.29, 1.82) is 0 Å². The summed E-state index contributed by atoms with van der Waals surface area (Å²) in [7, 11) is 0. The van der Waals surface area contributed by atoms with Gasteiger partial charge in [-0.1, -0.05) is 6.92 Å². The molecule has 1 aliphatic heterocycles. The van der Waals surface area contributed by atoms with Crippen LogP contribution in [0.5, 0.6) is 0 Å². The van der Waals surface area contributed by atoms with Gasteiger partial charge < -0.3 is 4.74 Å². The zero-order chi connectivity index (χ0) is 18.9. The number of piperidine rings is 1. The van der Waals surface area contributed by atoms with Crippen LogP contribution in [-0.4, -0.2) is 37.5 Å². The van der Waals surface area contributed by atoms with Gasteiger partial charge in [0.25, 0.3) is 5.91 Å². The van der Waals surface area contributed by atoms with E-state index >= 15 is 0 Å². The van der Waals surface area contributed by atoms with E-state index in [4.69, 9.17) is 4.74 Å². The molecule has 8 heteroatoms. The summed E-state index contributed by atoms with van der Waals surface area (Å²) in [4.78, 5) is 50.2. The van der Waals surface area contributed by atoms with Crippen molar-refractivity contribution in [1.82, 2.24) is 14.0 Å². The van der Waals surface area contributed by atoms with Crippen LogP contribution in [0.25, 0.3) is 0 Å². The minimum Gasteiger partial charge on any atom is -0.443 e. The number of ether oxygens (including phenoxy) is 1. The standard InChI is InChI=1S/C17H25N3O5/c1-6-9-18-10-11(2)19(15(18)23)12-7-8-13(21)20(14(12)22)16(24)25-17(3,4)5/h10,12H,6-9H2,1-5H3. The van der Waals surface area contributed by atoms with Crippen molar-refractivity contribution in [2.75, 3.05) is 0 Å². The number of nitrogens with zero attached hydrogens (tertiary/aromatic N) is 3. The highest BCUT2D eigenvalue weighted by molar-refractivity contribution is 6.11. The summed E-state index contributed by atoms with van der Waals surface area (Å²) in [5.74, 6) is -1.32. The summed E-state index contributed by atoms with van der Waals surface area (Å²) < 4.78 is 8.06. The molecule has 0 aromatic carbocycles. The van der Waals surface area contributed by atoms with Crippen LogP contribution in [0, 0.1) is 6.92 Å². The number of hydrogen-bond acceptors (Lipinski definition) is 5. The van der Waals surface area contributed by atoms with Gasteiger partial charge in [0.15, 0.2) is 0 Å². The molecule has 0 radical (unpaired) electrons. The van der Waals surface area contributed by atoms with Crippen molar-refractivity contribution in [3.63, 3.8) is 0 Å². The fourth-order valence-corrected chi connectivity index (χ4v) is 2.92. The van der Waals surface area contributed by atoms with Crippen LogP contribution in [0.15, 0.2) is 11.0 Å². The van der Waals surface area contributed by atoms with Gasteiger partial charge in [-0.2, -0.15) is 4.90 Å². The minimum absolute atomic E-state index is 0.000483. The van der Waals surface area contributed by atoms with Crippen LogP contribution >= 0.6 is 0 Å². The van der Waals surface area contributed by atoms with Crippen molar-refractivity contribution in [2.24, 2.45) is 0 Å². The fraction of sp³-hybridized carbons (Fsp3) is 0.647. The number of carbonyl (C=O) groups is 3. The molecule has 2 rings (SSSR count). The number of carbonyl (C=O) groups excluding carboxylic acids is 3. The lowest BCUT2D eigenvalue weighted by Gasteiger charge is -2.31. The van der Waals surface area contributed by atoms with E-state index in [0.29, 0.717) is 17.1 Å². The first-order valence-corrected chi connectivity index (χ1v) is 8.45. The second-order valence-corrected chi connectivity index (χ2v) is 7.22. The zero-order valence-corrected chi connectivity index (χ0v) is 15.4. The number of amides is 3. The smallest absolute Gasteiger partial charge is 0.424 e. The molecule has 1 fully saturated rings. The predicted octanol–water partition coefficient (Wildman–Crippen LogP) is 1.99. The van der Waals surface area contributed by atoms with Gasteiger partial charge in [-0.15, -0.1) is 0 Å². The number of rotatable bonds is 3. The molecule has 0 saturated carbocycles. The summed E-state index contributed by atoms with van der Waals surface area (Å²) in [6.07, 6.45) is 1.66. The Labute approximate surface area is 146 Å². The molecule has 138 valence electrons. The highest BCUT2D eigenvalue weighted by Gasteiger charge is 2.42. The Balaban J connectivity index is 2.36. The molecule has 1 saturated heterocycles. The van der Waals surface area contributed by atoms with Crippen molar-refractivity contribution in [3.8, 4) is 0 Å². The molecule has 8 nitrogen and oxygen atoms in total. The van der Waals surface area contributed by atoms with Crippen LogP contribution in [0.2, 0.25) is 0 Å². The second-order valence-electron chi connectivity index (χ2n) is 7.22. The van der Waals surface area contributed by atoms with Gasteiger partial charge in [0, 0.05) is 24.9 Å². The Morgan fingerprint density at radius 3 is 2.48 bits per heavy atom. The first kappa shape index (κ1) is 19.0. The molecule has 1 unspecified atom stereocenters. The third-order valence-electron chi connectivity index (χ3n) is 3.91. The molecule has 1 aromatic rings. The molecule has 3 amide bonds. The molecule has 25 heavy (non-hydrogen) atoms. The molecular weight excluding hydrogens is 326 g/mol. The lowest BCUT2D eigenvalue weighted by molar-refractivity contribution is -0.149. The van der Waals surface area contributed by atoms with E-state index in [2.05, 4.69) is 0 Å². The van der Waals surface area contributed by atoms with E-state index < -0.39 is 29.6 Å². The Bertz CT molecular complexity index is 753. The van der Waals surface area contributed by atoms with Crippen molar-refractivity contribution >= 4 is 17.9 Å². The largest absolute Gasteiger partial charge is 0.443 e. The molecule has 2 heterocycles. The summed E-state index contributed by atoms with van der Waals surface area (Å²) in [5, 5.41) is 0. The fourth-order valence-electron chi connectivity index (χ4n) is 2.92. The highest BCUT2D eigenvalue weighted by atomic mass is 16.6. The number of aromatic nitrogens is 2. The third kappa shape index (κ3) is 3.83. The monoisotopic (exact) mass is 351 g/mol. The maximum Gasteiger partial charge on any atom is 0.424 e. The summed E-state index contributed by atoms with van der Waals surface area (Å²) in [6.45, 7) is 9.19. The summed E-state index contributed by atoms with van der Waals surface area (Å²) in [5.41, 5.74) is -0.520. The first-order valence-electron chi connectivity index (χ1n) is 8.45. The van der Waals surface area contributed by atoms with Crippen molar-refractivity contribution in [2.45, 2.75) is 72.1 Å². The number of likely N-dealkylation sites (tertiary alicyclic amines) is 1. The zero-order valence-electron chi connectivity index (χ0n) is 15.4. The minimum atomic E-state index is -0.995. The van der Waals surface area contributed by atoms with Gasteiger partial charge in [0.1, 0.15) is 11.6 Å². The van der Waals surface area contributed by atoms with E-state index in [9.17, 15) is 19.2 Å². The lowest BCUT2D eigenvalue weighted by atomic mass is 10.0. The van der Waals surface area contributed by atoms with Gasteiger partial charge in [-0.3, -0.25) is 18.7 Å². The average Bonchev–Trinajstić information content (AvgIpc) is 2.73. The van der Waals surface area contributed by atoms with Crippen LogP contribution in [0.4, 0.5) is 4.79 Å². The molecule has 0 spiro atoms. The van der Waals surface area contributed by atoms with Gasteiger partial charge in [-0.25, -0.2) is 9.59 Å². The molecule has 0 bridgehead atoms. The topological polar surface area (TPSA) is 90.6 Å². The number of aryl methyl sites for hydroxylation is 2. The maximum atomic E-state index is 12.8. The van der Waals surface area contributed by atoms with Gasteiger partial charge >= 0.3 is 11.8 Å². The van der Waals surface area contributed by atoms with E-state index in [1.54, 1.807) is 33.9 Å². The third-order valence-corrected chi connectivity index (χ3v) is 3.91. The first-order chi connectivity index (χ1) is 11.6. The Hall–Kier alpha value is -2.38. The normalized spacial score (nSPS) is 18.6. The number of hydrogen-bond donors (Lipinski definition) is 0. The van der Waals surface area contributed by atoms with Crippen LogP contribution in [0.3, 0.4) is 0 Å². The van der Waals surface area contributed by atoms with E-state index in [0.717, 1.165) is 6.42 Å². The number of imidazole rings is 1. The molecule has 1 aromatic heterocycles. The lowest BCUT2D eigenvalue weighted by Crippen LogP contribution is -2.52. The van der Waals surface area contributed by atoms with Crippen LogP contribution in [0.1, 0.15) is 58.7 Å². The van der Waals surface area contributed by atoms with E-state index in [1.807, 2.05) is 6.92 Å². The molecule has 1 aliphatic rings. The Morgan fingerprint density at radius 1 is 1.28 bits per heavy atom. The van der Waals surface area contributed by atoms with Gasteiger partial charge in [0.2, 0.25) is 5.91 Å². The van der Waals surface area contributed by atoms with Gasteiger partial charge in [0.05, 0.1) is 0 Å². The molecule has 0 aliphatic carbocycles. The van der Waals surface area contributed by atoms with Crippen LogP contribution in [-0.2, 0) is 20.9 Å². The summed E-state index contributed by atoms with van der Waals surface area (Å²) in [6, 6.07) is -0.879. The second kappa shape index (κ2) is 6.85. The van der Waals surface area contributed by atoms with Crippen LogP contribution < -0.4 is 5.69 Å².